The Balaban J connectivity index is 2.47. The molecule has 2 rings (SSSR count). The minimum Gasteiger partial charge on any atom is -0.762 e. The monoisotopic (exact) mass is 335 g/mol. The molecule has 0 atom stereocenters. The Hall–Kier alpha value is -2.27. The molecule has 0 fully saturated rings. The summed E-state index contributed by atoms with van der Waals surface area (Å²) in [6.07, 6.45) is 1.64. The molecule has 0 aliphatic carbocycles. The highest BCUT2D eigenvalue weighted by atomic mass is 16.8. The molecule has 130 valence electrons. The van der Waals surface area contributed by atoms with Gasteiger partial charge in [-0.3, -0.25) is 10.5 Å². The van der Waals surface area contributed by atoms with E-state index in [2.05, 4.69) is 0 Å². The summed E-state index contributed by atoms with van der Waals surface area (Å²) < 4.78 is 6.36. The molecule has 0 saturated carbocycles. The van der Waals surface area contributed by atoms with Crippen LogP contribution in [0, 0.1) is 10.4 Å². The van der Waals surface area contributed by atoms with E-state index >= 15 is 0 Å². The van der Waals surface area contributed by atoms with Gasteiger partial charge in [-0.25, -0.2) is 4.79 Å². The number of benzene rings is 1. The van der Waals surface area contributed by atoms with Crippen LogP contribution in [-0.2, 0) is 4.74 Å². The number of aromatic nitrogens is 1. The van der Waals surface area contributed by atoms with Crippen molar-refractivity contribution >= 4 is 5.97 Å². The molecule has 0 radical (unpaired) electrons. The number of para-hydroxylation sites is 1. The third kappa shape index (κ3) is 4.17. The molecule has 0 aliphatic heterocycles. The van der Waals surface area contributed by atoms with Crippen molar-refractivity contribution in [3.8, 4) is 5.69 Å². The van der Waals surface area contributed by atoms with Crippen molar-refractivity contribution in [3.05, 3.63) is 64.3 Å². The van der Waals surface area contributed by atoms with Crippen LogP contribution >= 0.6 is 0 Å². The molecule has 2 aromatic rings. The molecule has 0 aliphatic rings. The quantitative estimate of drug-likeness (QED) is 0.579. The lowest BCUT2D eigenvalue weighted by atomic mass is 10.0. The number of hydroxylamine groups is 4. The minimum absolute atomic E-state index is 0.294. The summed E-state index contributed by atoms with van der Waals surface area (Å²) in [5, 5.41) is 39.3. The number of hydrogen-bond donors (Lipinski definition) is 2. The lowest BCUT2D eigenvalue weighted by Gasteiger charge is -2.31. The van der Waals surface area contributed by atoms with E-state index in [0.717, 1.165) is 0 Å². The molecule has 9 nitrogen and oxygen atoms in total. The summed E-state index contributed by atoms with van der Waals surface area (Å²) >= 11 is 0. The highest BCUT2D eigenvalue weighted by molar-refractivity contribution is 5.93. The lowest BCUT2D eigenvalue weighted by Crippen LogP contribution is -2.29. The number of methoxy groups -OCH3 is 1. The summed E-state index contributed by atoms with van der Waals surface area (Å²) in [7, 11) is 1.26. The predicted octanol–water partition coefficient (Wildman–Crippen LogP) is 1.73. The summed E-state index contributed by atoms with van der Waals surface area (Å²) in [5.41, 5.74) is 1.25. The van der Waals surface area contributed by atoms with Gasteiger partial charge in [0.1, 0.15) is 0 Å². The Bertz CT molecular complexity index is 675. The molecule has 0 spiro atoms. The van der Waals surface area contributed by atoms with Crippen LogP contribution in [-0.4, -0.2) is 51.6 Å². The van der Waals surface area contributed by atoms with E-state index < -0.39 is 25.0 Å². The van der Waals surface area contributed by atoms with Gasteiger partial charge in [-0.1, -0.05) is 12.1 Å². The van der Waals surface area contributed by atoms with Gasteiger partial charge in [0.15, 0.2) is 0 Å². The maximum absolute atomic E-state index is 11.9. The second kappa shape index (κ2) is 8.02. The zero-order valence-corrected chi connectivity index (χ0v) is 12.9. The first-order chi connectivity index (χ1) is 11.4. The van der Waals surface area contributed by atoms with Gasteiger partial charge in [0.2, 0.25) is 0 Å². The number of ether oxygens (including phenoxy) is 1. The van der Waals surface area contributed by atoms with E-state index in [1.165, 1.54) is 7.11 Å². The van der Waals surface area contributed by atoms with Crippen LogP contribution in [0.2, 0.25) is 0 Å². The Morgan fingerprint density at radius 3 is 2.38 bits per heavy atom. The van der Waals surface area contributed by atoms with E-state index in [1.807, 2.05) is 0 Å². The Morgan fingerprint density at radius 1 is 1.17 bits per heavy atom. The largest absolute Gasteiger partial charge is 0.762 e. The number of esters is 1. The van der Waals surface area contributed by atoms with Crippen LogP contribution in [0.4, 0.5) is 0 Å². The molecular formula is C15H17N3O6-2. The van der Waals surface area contributed by atoms with Crippen LogP contribution < -0.4 is 0 Å². The fraction of sp³-hybridized carbons (Fsp3) is 0.267. The molecular weight excluding hydrogens is 318 g/mol. The van der Waals surface area contributed by atoms with Gasteiger partial charge in [0.05, 0.1) is 18.4 Å². The first kappa shape index (κ1) is 18.1. The first-order valence-electron chi connectivity index (χ1n) is 7.06. The van der Waals surface area contributed by atoms with Gasteiger partial charge in [-0.2, -0.15) is 0 Å². The van der Waals surface area contributed by atoms with E-state index in [-0.39, 0.29) is 10.5 Å². The SMILES string of the molecule is COC(=O)c1ccccc1-n1cccc1C(CN([O-])O)CN([O-])O. The Labute approximate surface area is 138 Å². The molecule has 1 aromatic carbocycles. The molecule has 1 aromatic heterocycles. The van der Waals surface area contributed by atoms with Crippen molar-refractivity contribution < 1.29 is 19.9 Å². The normalized spacial score (nSPS) is 11.5. The average molecular weight is 335 g/mol. The molecule has 24 heavy (non-hydrogen) atoms. The van der Waals surface area contributed by atoms with Gasteiger partial charge in [0.25, 0.3) is 0 Å². The van der Waals surface area contributed by atoms with E-state index in [1.54, 1.807) is 47.2 Å². The molecule has 9 heteroatoms. The maximum Gasteiger partial charge on any atom is 0.339 e. The molecule has 0 bridgehead atoms. The number of carbonyl (C=O) groups is 1. The second-order valence-electron chi connectivity index (χ2n) is 5.08. The third-order valence-corrected chi connectivity index (χ3v) is 3.52. The predicted molar refractivity (Wildman–Crippen MR) is 83.6 cm³/mol. The highest BCUT2D eigenvalue weighted by Gasteiger charge is 2.20. The first-order valence-corrected chi connectivity index (χ1v) is 7.06. The maximum atomic E-state index is 11.9. The van der Waals surface area contributed by atoms with Gasteiger partial charge in [-0.05, 0) is 24.3 Å². The van der Waals surface area contributed by atoms with Crippen molar-refractivity contribution in [1.82, 2.24) is 15.0 Å². The Morgan fingerprint density at radius 2 is 1.79 bits per heavy atom. The number of rotatable bonds is 7. The highest BCUT2D eigenvalue weighted by Crippen LogP contribution is 2.25. The van der Waals surface area contributed by atoms with Gasteiger partial charge < -0.3 is 30.1 Å². The third-order valence-electron chi connectivity index (χ3n) is 3.52. The summed E-state index contributed by atoms with van der Waals surface area (Å²) in [4.78, 5) is 11.9. The van der Waals surface area contributed by atoms with Crippen LogP contribution in [0.3, 0.4) is 0 Å². The van der Waals surface area contributed by atoms with Crippen LogP contribution in [0.25, 0.3) is 5.69 Å². The van der Waals surface area contributed by atoms with Gasteiger partial charge in [-0.15, -0.1) is 0 Å². The fourth-order valence-electron chi connectivity index (χ4n) is 2.53. The van der Waals surface area contributed by atoms with Crippen molar-refractivity contribution in [3.63, 3.8) is 0 Å². The van der Waals surface area contributed by atoms with Crippen LogP contribution in [0.15, 0.2) is 42.6 Å². The zero-order chi connectivity index (χ0) is 17.7. The number of carbonyl (C=O) groups excluding carboxylic acids is 1. The van der Waals surface area contributed by atoms with Crippen molar-refractivity contribution in [2.24, 2.45) is 0 Å². The summed E-state index contributed by atoms with van der Waals surface area (Å²) in [6.45, 7) is -0.854. The summed E-state index contributed by atoms with van der Waals surface area (Å²) in [6, 6.07) is 9.95. The smallest absolute Gasteiger partial charge is 0.339 e. The molecule has 0 saturated heterocycles. The topological polar surface area (TPSA) is 124 Å². The zero-order valence-electron chi connectivity index (χ0n) is 12.9. The molecule has 2 N–H and O–H groups in total. The van der Waals surface area contributed by atoms with E-state index in [9.17, 15) is 15.2 Å². The standard InChI is InChI=1S/C15H17N3O6/c1-24-15(19)12-5-2-3-6-14(12)16-8-4-7-13(16)11(9-17(20)21)10-18(22)23/h2-8,11,20,22H,9-10H2,1H3/q-2. The average Bonchev–Trinajstić information content (AvgIpc) is 3.02. The van der Waals surface area contributed by atoms with Crippen molar-refractivity contribution in [1.29, 1.82) is 0 Å². The van der Waals surface area contributed by atoms with Crippen LogP contribution in [0.5, 0.6) is 0 Å². The number of hydrogen-bond acceptors (Lipinski definition) is 8. The van der Waals surface area contributed by atoms with E-state index in [4.69, 9.17) is 15.2 Å². The van der Waals surface area contributed by atoms with Crippen molar-refractivity contribution in [2.45, 2.75) is 5.92 Å². The lowest BCUT2D eigenvalue weighted by molar-refractivity contribution is -0.0730. The van der Waals surface area contributed by atoms with Crippen LogP contribution in [0.1, 0.15) is 22.0 Å². The van der Waals surface area contributed by atoms with Gasteiger partial charge >= 0.3 is 5.97 Å². The molecule has 0 amide bonds. The fourth-order valence-corrected chi connectivity index (χ4v) is 2.53. The minimum atomic E-state index is -0.796. The second-order valence-corrected chi connectivity index (χ2v) is 5.08. The van der Waals surface area contributed by atoms with Gasteiger partial charge in [0, 0.05) is 30.9 Å². The molecule has 0 unspecified atom stereocenters. The number of nitrogens with zero attached hydrogens (tertiary/aromatic N) is 3. The summed E-state index contributed by atoms with van der Waals surface area (Å²) in [5.74, 6) is -1.34. The van der Waals surface area contributed by atoms with Crippen molar-refractivity contribution in [2.75, 3.05) is 20.2 Å². The molecule has 1 heterocycles. The van der Waals surface area contributed by atoms with E-state index in [0.29, 0.717) is 16.9 Å². The Kier molecular flexibility index (Phi) is 6.04.